The van der Waals surface area contributed by atoms with Gasteiger partial charge in [-0.05, 0) is 42.5 Å². The van der Waals surface area contributed by atoms with Crippen LogP contribution in [0.1, 0.15) is 15.9 Å². The van der Waals surface area contributed by atoms with Crippen LogP contribution in [0.3, 0.4) is 0 Å². The van der Waals surface area contributed by atoms with Crippen molar-refractivity contribution >= 4 is 35.2 Å². The number of halogens is 1. The Labute approximate surface area is 121 Å². The van der Waals surface area contributed by atoms with Crippen molar-refractivity contribution in [3.05, 3.63) is 58.6 Å². The predicted molar refractivity (Wildman–Crippen MR) is 80.2 cm³/mol. The fourth-order valence-corrected chi connectivity index (χ4v) is 1.96. The first kappa shape index (κ1) is 14.1. The summed E-state index contributed by atoms with van der Waals surface area (Å²) < 4.78 is 0. The lowest BCUT2D eigenvalue weighted by Gasteiger charge is -2.11. The number of nitrogens with zero attached hydrogens (tertiary/aromatic N) is 1. The predicted octanol–water partition coefficient (Wildman–Crippen LogP) is 2.75. The van der Waals surface area contributed by atoms with E-state index in [4.69, 9.17) is 17.3 Å². The van der Waals surface area contributed by atoms with Gasteiger partial charge in [-0.25, -0.2) is 0 Å². The number of carbonyl (C=O) groups is 2. The first-order valence-corrected chi connectivity index (χ1v) is 6.28. The van der Waals surface area contributed by atoms with Crippen LogP contribution in [0.5, 0.6) is 0 Å². The van der Waals surface area contributed by atoms with Gasteiger partial charge in [0.05, 0.1) is 0 Å². The molecule has 0 saturated heterocycles. The van der Waals surface area contributed by atoms with Gasteiger partial charge < -0.3 is 10.6 Å². The van der Waals surface area contributed by atoms with Crippen molar-refractivity contribution in [3.63, 3.8) is 0 Å². The zero-order valence-corrected chi connectivity index (χ0v) is 11.6. The lowest BCUT2D eigenvalue weighted by atomic mass is 10.0. The molecule has 2 aromatic rings. The van der Waals surface area contributed by atoms with Gasteiger partial charge in [-0.2, -0.15) is 0 Å². The lowest BCUT2D eigenvalue weighted by molar-refractivity contribution is -0.107. The fourth-order valence-electron chi connectivity index (χ4n) is 1.79. The molecular weight excluding hydrogens is 276 g/mol. The first-order chi connectivity index (χ1) is 9.52. The van der Waals surface area contributed by atoms with Crippen LogP contribution in [0.25, 0.3) is 0 Å². The molecule has 1 amide bonds. The molecule has 0 radical (unpaired) electrons. The maximum Gasteiger partial charge on any atom is 0.213 e. The monoisotopic (exact) mass is 288 g/mol. The van der Waals surface area contributed by atoms with E-state index < -0.39 is 0 Å². The van der Waals surface area contributed by atoms with Gasteiger partial charge in [-0.15, -0.1) is 0 Å². The summed E-state index contributed by atoms with van der Waals surface area (Å²) in [6.45, 7) is 0. The van der Waals surface area contributed by atoms with Crippen molar-refractivity contribution in [2.45, 2.75) is 0 Å². The van der Waals surface area contributed by atoms with Gasteiger partial charge in [0.1, 0.15) is 0 Å². The third-order valence-electron chi connectivity index (χ3n) is 2.95. The molecule has 2 aromatic carbocycles. The highest BCUT2D eigenvalue weighted by atomic mass is 35.5. The SMILES string of the molecule is CN(C=O)c1ccc(C(=O)c2cc(Cl)ccc2N)cc1. The molecule has 20 heavy (non-hydrogen) atoms. The summed E-state index contributed by atoms with van der Waals surface area (Å²) in [6, 6.07) is 11.5. The third kappa shape index (κ3) is 2.81. The highest BCUT2D eigenvalue weighted by Crippen LogP contribution is 2.22. The van der Waals surface area contributed by atoms with Crippen molar-refractivity contribution in [1.82, 2.24) is 0 Å². The van der Waals surface area contributed by atoms with Crippen LogP contribution in [0.2, 0.25) is 5.02 Å². The number of anilines is 2. The molecule has 0 fully saturated rings. The van der Waals surface area contributed by atoms with Crippen LogP contribution in [0.15, 0.2) is 42.5 Å². The number of nitrogens with two attached hydrogens (primary N) is 1. The minimum Gasteiger partial charge on any atom is -0.398 e. The number of hydrogen-bond acceptors (Lipinski definition) is 3. The van der Waals surface area contributed by atoms with Crippen LogP contribution < -0.4 is 10.6 Å². The van der Waals surface area contributed by atoms with Gasteiger partial charge >= 0.3 is 0 Å². The average Bonchev–Trinajstić information content (AvgIpc) is 2.48. The van der Waals surface area contributed by atoms with Crippen molar-refractivity contribution < 1.29 is 9.59 Å². The summed E-state index contributed by atoms with van der Waals surface area (Å²) in [4.78, 5) is 24.4. The lowest BCUT2D eigenvalue weighted by Crippen LogP contribution is -2.13. The van der Waals surface area contributed by atoms with E-state index in [0.717, 1.165) is 0 Å². The van der Waals surface area contributed by atoms with E-state index >= 15 is 0 Å². The van der Waals surface area contributed by atoms with Crippen molar-refractivity contribution in [2.75, 3.05) is 17.7 Å². The molecule has 0 aromatic heterocycles. The molecule has 102 valence electrons. The van der Waals surface area contributed by atoms with Gasteiger partial charge in [0.2, 0.25) is 6.41 Å². The van der Waals surface area contributed by atoms with Gasteiger partial charge in [-0.3, -0.25) is 9.59 Å². The maximum atomic E-state index is 12.3. The molecule has 5 heteroatoms. The molecule has 0 spiro atoms. The summed E-state index contributed by atoms with van der Waals surface area (Å²) in [5.41, 5.74) is 7.74. The molecular formula is C15H13ClN2O2. The Hall–Kier alpha value is -2.33. The Morgan fingerprint density at radius 1 is 1.20 bits per heavy atom. The molecule has 0 aliphatic carbocycles. The van der Waals surface area contributed by atoms with E-state index in [1.54, 1.807) is 49.5 Å². The quantitative estimate of drug-likeness (QED) is 0.534. The zero-order chi connectivity index (χ0) is 14.7. The summed E-state index contributed by atoms with van der Waals surface area (Å²) in [5, 5.41) is 0.458. The van der Waals surface area contributed by atoms with Crippen molar-refractivity contribution in [3.8, 4) is 0 Å². The minimum atomic E-state index is -0.203. The second-order valence-electron chi connectivity index (χ2n) is 4.32. The molecule has 2 rings (SSSR count). The molecule has 0 heterocycles. The van der Waals surface area contributed by atoms with E-state index in [1.807, 2.05) is 0 Å². The topological polar surface area (TPSA) is 63.4 Å². The second-order valence-corrected chi connectivity index (χ2v) is 4.76. The Morgan fingerprint density at radius 2 is 1.85 bits per heavy atom. The molecule has 0 saturated carbocycles. The number of rotatable bonds is 4. The van der Waals surface area contributed by atoms with Crippen LogP contribution in [0, 0.1) is 0 Å². The van der Waals surface area contributed by atoms with E-state index in [-0.39, 0.29) is 5.78 Å². The molecule has 0 unspecified atom stereocenters. The molecule has 4 nitrogen and oxygen atoms in total. The maximum absolute atomic E-state index is 12.3. The number of benzene rings is 2. The summed E-state index contributed by atoms with van der Waals surface area (Å²) in [5.74, 6) is -0.203. The van der Waals surface area contributed by atoms with Gasteiger partial charge in [0.15, 0.2) is 5.78 Å². The molecule has 0 aliphatic rings. The Morgan fingerprint density at radius 3 is 2.45 bits per heavy atom. The molecule has 0 atom stereocenters. The number of ketones is 1. The van der Waals surface area contributed by atoms with E-state index in [0.29, 0.717) is 33.9 Å². The van der Waals surface area contributed by atoms with Crippen molar-refractivity contribution in [1.29, 1.82) is 0 Å². The first-order valence-electron chi connectivity index (χ1n) is 5.91. The third-order valence-corrected chi connectivity index (χ3v) is 3.19. The standard InChI is InChI=1S/C15H13ClN2O2/c1-18(9-19)12-5-2-10(3-6-12)15(20)13-8-11(16)4-7-14(13)17/h2-9H,17H2,1H3. The van der Waals surface area contributed by atoms with Crippen LogP contribution >= 0.6 is 11.6 Å². The van der Waals surface area contributed by atoms with Crippen LogP contribution in [-0.4, -0.2) is 19.2 Å². The highest BCUT2D eigenvalue weighted by molar-refractivity contribution is 6.31. The number of carbonyl (C=O) groups excluding carboxylic acids is 2. The molecule has 0 bridgehead atoms. The largest absolute Gasteiger partial charge is 0.398 e. The normalized spacial score (nSPS) is 10.1. The summed E-state index contributed by atoms with van der Waals surface area (Å²) >= 11 is 5.88. The number of amides is 1. The Balaban J connectivity index is 2.34. The minimum absolute atomic E-state index is 0.203. The van der Waals surface area contributed by atoms with Crippen molar-refractivity contribution in [2.24, 2.45) is 0 Å². The molecule has 0 aliphatic heterocycles. The molecule has 2 N–H and O–H groups in total. The second kappa shape index (κ2) is 5.75. The summed E-state index contributed by atoms with van der Waals surface area (Å²) in [7, 11) is 1.64. The Kier molecular flexibility index (Phi) is 4.05. The van der Waals surface area contributed by atoms with Crippen LogP contribution in [-0.2, 0) is 4.79 Å². The smallest absolute Gasteiger partial charge is 0.213 e. The van der Waals surface area contributed by atoms with E-state index in [9.17, 15) is 9.59 Å². The Bertz CT molecular complexity index is 653. The van der Waals surface area contributed by atoms with Gasteiger partial charge in [-0.1, -0.05) is 11.6 Å². The van der Waals surface area contributed by atoms with E-state index in [2.05, 4.69) is 0 Å². The average molecular weight is 289 g/mol. The van der Waals surface area contributed by atoms with Gasteiger partial charge in [0.25, 0.3) is 0 Å². The summed E-state index contributed by atoms with van der Waals surface area (Å²) in [6.07, 6.45) is 0.700. The van der Waals surface area contributed by atoms with Crippen LogP contribution in [0.4, 0.5) is 11.4 Å². The zero-order valence-electron chi connectivity index (χ0n) is 10.8. The number of hydrogen-bond donors (Lipinski definition) is 1. The fraction of sp³-hybridized carbons (Fsp3) is 0.0667. The highest BCUT2D eigenvalue weighted by Gasteiger charge is 2.13. The van der Waals surface area contributed by atoms with E-state index in [1.165, 1.54) is 4.90 Å². The number of nitrogen functional groups attached to an aromatic ring is 1. The van der Waals surface area contributed by atoms with Gasteiger partial charge in [0, 0.05) is 34.6 Å².